The van der Waals surface area contributed by atoms with Crippen LogP contribution in [0.5, 0.6) is 0 Å². The molecule has 0 spiro atoms. The third-order valence-electron chi connectivity index (χ3n) is 4.53. The second-order valence-corrected chi connectivity index (χ2v) is 7.56. The highest BCUT2D eigenvalue weighted by Gasteiger charge is 2.29. The van der Waals surface area contributed by atoms with E-state index in [4.69, 9.17) is 4.98 Å². The number of aryl methyl sites for hydroxylation is 2. The van der Waals surface area contributed by atoms with Crippen molar-refractivity contribution in [3.05, 3.63) is 44.5 Å². The van der Waals surface area contributed by atoms with Gasteiger partial charge in [0.15, 0.2) is 4.96 Å². The number of halogens is 1. The predicted octanol–water partition coefficient (Wildman–Crippen LogP) is 4.61. The summed E-state index contributed by atoms with van der Waals surface area (Å²) >= 11 is 5.59. The predicted molar refractivity (Wildman–Crippen MR) is 85.7 cm³/mol. The van der Waals surface area contributed by atoms with E-state index in [1.54, 1.807) is 4.88 Å². The summed E-state index contributed by atoms with van der Waals surface area (Å²) in [7, 11) is 0. The molecule has 2 nitrogen and oxygen atoms in total. The number of thiazole rings is 1. The highest BCUT2D eigenvalue weighted by molar-refractivity contribution is 9.10. The van der Waals surface area contributed by atoms with Gasteiger partial charge < -0.3 is 0 Å². The molecule has 0 N–H and O–H groups in total. The summed E-state index contributed by atoms with van der Waals surface area (Å²) in [6.07, 6.45) is 6.13. The fourth-order valence-corrected chi connectivity index (χ4v) is 5.34. The number of aromatic nitrogens is 2. The number of hydrogen-bond acceptors (Lipinski definition) is 2. The normalized spacial score (nSPS) is 16.2. The first-order valence-electron chi connectivity index (χ1n) is 7.12. The molecule has 0 amide bonds. The SMILES string of the molecule is Brc1cccc2c1Cc1c-2nc2sc3c(n12)CCCC3. The summed E-state index contributed by atoms with van der Waals surface area (Å²) in [5, 5.41) is 0. The number of benzene rings is 1. The summed E-state index contributed by atoms with van der Waals surface area (Å²) in [4.78, 5) is 7.71. The van der Waals surface area contributed by atoms with E-state index in [0.717, 1.165) is 6.42 Å². The van der Waals surface area contributed by atoms with Gasteiger partial charge in [0.25, 0.3) is 0 Å². The van der Waals surface area contributed by atoms with Crippen LogP contribution in [0.1, 0.15) is 34.7 Å². The fourth-order valence-electron chi connectivity index (χ4n) is 3.60. The van der Waals surface area contributed by atoms with Gasteiger partial charge in [0.2, 0.25) is 0 Å². The van der Waals surface area contributed by atoms with Gasteiger partial charge in [-0.15, -0.1) is 11.3 Å². The number of fused-ring (bicyclic) bond motifs is 7. The Labute approximate surface area is 129 Å². The van der Waals surface area contributed by atoms with Gasteiger partial charge in [0.05, 0.1) is 11.4 Å². The first kappa shape index (κ1) is 11.5. The van der Waals surface area contributed by atoms with Crippen molar-refractivity contribution >= 4 is 32.2 Å². The molecule has 5 rings (SSSR count). The molecule has 2 heterocycles. The topological polar surface area (TPSA) is 17.3 Å². The molecular formula is C16H13BrN2S. The summed E-state index contributed by atoms with van der Waals surface area (Å²) in [6.45, 7) is 0. The van der Waals surface area contributed by atoms with E-state index in [-0.39, 0.29) is 0 Å². The van der Waals surface area contributed by atoms with E-state index in [0.29, 0.717) is 0 Å². The van der Waals surface area contributed by atoms with Crippen molar-refractivity contribution in [2.24, 2.45) is 0 Å². The van der Waals surface area contributed by atoms with Crippen LogP contribution >= 0.6 is 27.3 Å². The molecule has 20 heavy (non-hydrogen) atoms. The van der Waals surface area contributed by atoms with E-state index >= 15 is 0 Å². The lowest BCUT2D eigenvalue weighted by atomic mass is 10.0. The van der Waals surface area contributed by atoms with Gasteiger partial charge in [-0.1, -0.05) is 28.1 Å². The molecule has 0 saturated heterocycles. The van der Waals surface area contributed by atoms with E-state index in [2.05, 4.69) is 38.5 Å². The molecule has 0 radical (unpaired) electrons. The maximum Gasteiger partial charge on any atom is 0.194 e. The van der Waals surface area contributed by atoms with Gasteiger partial charge in [-0.3, -0.25) is 4.40 Å². The van der Waals surface area contributed by atoms with Crippen molar-refractivity contribution in [3.63, 3.8) is 0 Å². The van der Waals surface area contributed by atoms with Crippen molar-refractivity contribution in [1.29, 1.82) is 0 Å². The first-order valence-corrected chi connectivity index (χ1v) is 8.73. The van der Waals surface area contributed by atoms with Gasteiger partial charge in [0.1, 0.15) is 0 Å². The maximum absolute atomic E-state index is 4.94. The Hall–Kier alpha value is -1.13. The average Bonchev–Trinajstić information content (AvgIpc) is 3.07. The highest BCUT2D eigenvalue weighted by atomic mass is 79.9. The van der Waals surface area contributed by atoms with Crippen LogP contribution in [0.15, 0.2) is 22.7 Å². The van der Waals surface area contributed by atoms with Gasteiger partial charge in [0, 0.05) is 27.0 Å². The van der Waals surface area contributed by atoms with Crippen LogP contribution < -0.4 is 0 Å². The lowest BCUT2D eigenvalue weighted by Crippen LogP contribution is -2.04. The summed E-state index contributed by atoms with van der Waals surface area (Å²) in [5.74, 6) is 0. The molecule has 100 valence electrons. The monoisotopic (exact) mass is 344 g/mol. The largest absolute Gasteiger partial charge is 0.290 e. The zero-order valence-electron chi connectivity index (χ0n) is 10.9. The van der Waals surface area contributed by atoms with E-state index in [1.807, 2.05) is 11.3 Å². The number of imidazole rings is 1. The zero-order chi connectivity index (χ0) is 13.3. The number of rotatable bonds is 0. The van der Waals surface area contributed by atoms with Crippen LogP contribution in [-0.2, 0) is 19.3 Å². The Bertz CT molecular complexity index is 859. The number of nitrogens with zero attached hydrogens (tertiary/aromatic N) is 2. The molecule has 3 aromatic rings. The summed E-state index contributed by atoms with van der Waals surface area (Å²) in [6, 6.07) is 6.45. The molecule has 0 bridgehead atoms. The summed E-state index contributed by atoms with van der Waals surface area (Å²) in [5.41, 5.74) is 6.86. The van der Waals surface area contributed by atoms with Crippen molar-refractivity contribution < 1.29 is 0 Å². The smallest absolute Gasteiger partial charge is 0.194 e. The molecule has 1 aromatic carbocycles. The Balaban J connectivity index is 1.82. The Morgan fingerprint density at radius 1 is 1.15 bits per heavy atom. The van der Waals surface area contributed by atoms with Crippen molar-refractivity contribution in [2.45, 2.75) is 32.1 Å². The molecule has 0 unspecified atom stereocenters. The minimum absolute atomic E-state index is 1.01. The average molecular weight is 345 g/mol. The molecule has 0 aliphatic heterocycles. The molecule has 0 fully saturated rings. The van der Waals surface area contributed by atoms with Gasteiger partial charge in [-0.2, -0.15) is 0 Å². The van der Waals surface area contributed by atoms with Crippen molar-refractivity contribution in [3.8, 4) is 11.3 Å². The van der Waals surface area contributed by atoms with Crippen LogP contribution in [0.2, 0.25) is 0 Å². The van der Waals surface area contributed by atoms with Gasteiger partial charge in [-0.05, 0) is 37.3 Å². The third-order valence-corrected chi connectivity index (χ3v) is 6.42. The second-order valence-electron chi connectivity index (χ2n) is 5.65. The van der Waals surface area contributed by atoms with E-state index in [1.165, 1.54) is 63.3 Å². The van der Waals surface area contributed by atoms with Crippen LogP contribution in [-0.4, -0.2) is 9.38 Å². The molecular weight excluding hydrogens is 332 g/mol. The van der Waals surface area contributed by atoms with Crippen LogP contribution in [0, 0.1) is 0 Å². The Morgan fingerprint density at radius 3 is 3.00 bits per heavy atom. The Kier molecular flexibility index (Phi) is 2.28. The minimum Gasteiger partial charge on any atom is -0.290 e. The lowest BCUT2D eigenvalue weighted by molar-refractivity contribution is 0.671. The maximum atomic E-state index is 4.94. The molecule has 0 atom stereocenters. The molecule has 4 heteroatoms. The van der Waals surface area contributed by atoms with E-state index < -0.39 is 0 Å². The van der Waals surface area contributed by atoms with Crippen LogP contribution in [0.3, 0.4) is 0 Å². The molecule has 0 saturated carbocycles. The molecule has 2 aromatic heterocycles. The lowest BCUT2D eigenvalue weighted by Gasteiger charge is -2.11. The quantitative estimate of drug-likeness (QED) is 0.455. The fraction of sp³-hybridized carbons (Fsp3) is 0.312. The second kappa shape index (κ2) is 3.95. The highest BCUT2D eigenvalue weighted by Crippen LogP contribution is 2.43. The first-order chi connectivity index (χ1) is 9.83. The third kappa shape index (κ3) is 1.36. The van der Waals surface area contributed by atoms with Crippen LogP contribution in [0.4, 0.5) is 0 Å². The standard InChI is InChI=1S/C16H13BrN2S/c17-11-5-3-4-9-10(11)8-13-15(9)18-16-19(13)12-6-1-2-7-14(12)20-16/h3-5H,1-2,6-8H2. The minimum atomic E-state index is 1.01. The van der Waals surface area contributed by atoms with Gasteiger partial charge in [-0.25, -0.2) is 4.98 Å². The van der Waals surface area contributed by atoms with Crippen LogP contribution in [0.25, 0.3) is 16.2 Å². The zero-order valence-corrected chi connectivity index (χ0v) is 13.4. The molecule has 2 aliphatic rings. The Morgan fingerprint density at radius 2 is 2.05 bits per heavy atom. The summed E-state index contributed by atoms with van der Waals surface area (Å²) < 4.78 is 3.67. The molecule has 2 aliphatic carbocycles. The number of hydrogen-bond donors (Lipinski definition) is 0. The van der Waals surface area contributed by atoms with Crippen molar-refractivity contribution in [2.75, 3.05) is 0 Å². The van der Waals surface area contributed by atoms with Gasteiger partial charge >= 0.3 is 0 Å². The van der Waals surface area contributed by atoms with Crippen molar-refractivity contribution in [1.82, 2.24) is 9.38 Å². The van der Waals surface area contributed by atoms with E-state index in [9.17, 15) is 0 Å².